The molecule has 0 aliphatic carbocycles. The van der Waals surface area contributed by atoms with Gasteiger partial charge in [0.05, 0.1) is 0 Å². The molecule has 0 N–H and O–H groups in total. The second kappa shape index (κ2) is 44.5. The molecule has 350 valence electrons. The van der Waals surface area contributed by atoms with Crippen LogP contribution in [0.1, 0.15) is 286 Å². The van der Waals surface area contributed by atoms with Gasteiger partial charge < -0.3 is 14.2 Å². The van der Waals surface area contributed by atoms with Crippen LogP contribution in [0.15, 0.2) is 0 Å². The first-order chi connectivity index (χ1) is 28.6. The molecule has 0 aromatic rings. The number of esters is 3. The fraction of sp³-hybridized carbons (Fsp3) is 0.943. The zero-order valence-electron chi connectivity index (χ0n) is 40.5. The minimum absolute atomic E-state index is 0.0649. The van der Waals surface area contributed by atoms with Gasteiger partial charge in [0.2, 0.25) is 0 Å². The minimum Gasteiger partial charge on any atom is -0.462 e. The monoisotopic (exact) mass is 835 g/mol. The average molecular weight is 835 g/mol. The van der Waals surface area contributed by atoms with Gasteiger partial charge in [-0.25, -0.2) is 0 Å². The van der Waals surface area contributed by atoms with Gasteiger partial charge in [-0.1, -0.05) is 247 Å². The summed E-state index contributed by atoms with van der Waals surface area (Å²) in [6.07, 6.45) is 43.7. The van der Waals surface area contributed by atoms with E-state index in [4.69, 9.17) is 14.2 Å². The molecule has 1 unspecified atom stereocenters. The summed E-state index contributed by atoms with van der Waals surface area (Å²) in [5.41, 5.74) is 0. The summed E-state index contributed by atoms with van der Waals surface area (Å²) in [6.45, 7) is 13.7. The van der Waals surface area contributed by atoms with Crippen LogP contribution in [0.4, 0.5) is 0 Å². The van der Waals surface area contributed by atoms with E-state index in [1.165, 1.54) is 167 Å². The molecule has 59 heavy (non-hydrogen) atoms. The van der Waals surface area contributed by atoms with Crippen LogP contribution >= 0.6 is 0 Å². The maximum Gasteiger partial charge on any atom is 0.306 e. The van der Waals surface area contributed by atoms with Crippen molar-refractivity contribution in [2.24, 2.45) is 17.8 Å². The van der Waals surface area contributed by atoms with Crippen molar-refractivity contribution in [2.75, 3.05) is 13.2 Å². The molecule has 2 atom stereocenters. The average Bonchev–Trinajstić information content (AvgIpc) is 3.20. The zero-order chi connectivity index (χ0) is 43.4. The Bertz CT molecular complexity index is 916. The van der Waals surface area contributed by atoms with Crippen molar-refractivity contribution in [1.29, 1.82) is 0 Å². The molecular formula is C53H102O6. The predicted octanol–water partition coefficient (Wildman–Crippen LogP) is 16.8. The van der Waals surface area contributed by atoms with E-state index in [-0.39, 0.29) is 31.1 Å². The summed E-state index contributed by atoms with van der Waals surface area (Å²) in [5, 5.41) is 0. The molecule has 0 radical (unpaired) electrons. The van der Waals surface area contributed by atoms with Gasteiger partial charge >= 0.3 is 17.9 Å². The molecule has 6 nitrogen and oxygen atoms in total. The number of unbranched alkanes of at least 4 members (excludes halogenated alkanes) is 28. The lowest BCUT2D eigenvalue weighted by Gasteiger charge is -2.18. The maximum absolute atomic E-state index is 12.8. The minimum atomic E-state index is -0.763. The molecule has 0 aliphatic heterocycles. The molecule has 0 saturated heterocycles. The molecule has 0 saturated carbocycles. The predicted molar refractivity (Wildman–Crippen MR) is 252 cm³/mol. The summed E-state index contributed by atoms with van der Waals surface area (Å²) in [4.78, 5) is 38.0. The van der Waals surface area contributed by atoms with Gasteiger partial charge in [-0.15, -0.1) is 0 Å². The highest BCUT2D eigenvalue weighted by atomic mass is 16.6. The van der Waals surface area contributed by atoms with Gasteiger partial charge in [-0.05, 0) is 37.0 Å². The third-order valence-corrected chi connectivity index (χ3v) is 12.3. The summed E-state index contributed by atoms with van der Waals surface area (Å²) < 4.78 is 16.8. The van der Waals surface area contributed by atoms with Crippen molar-refractivity contribution < 1.29 is 28.6 Å². The van der Waals surface area contributed by atoms with E-state index in [9.17, 15) is 14.4 Å². The molecule has 0 rings (SSSR count). The van der Waals surface area contributed by atoms with E-state index < -0.39 is 6.10 Å². The van der Waals surface area contributed by atoms with E-state index in [0.29, 0.717) is 19.3 Å². The summed E-state index contributed by atoms with van der Waals surface area (Å²) in [5.74, 6) is 1.66. The van der Waals surface area contributed by atoms with Crippen molar-refractivity contribution in [3.63, 3.8) is 0 Å². The third-order valence-electron chi connectivity index (χ3n) is 12.3. The van der Waals surface area contributed by atoms with Gasteiger partial charge in [0.1, 0.15) is 13.2 Å². The van der Waals surface area contributed by atoms with Crippen molar-refractivity contribution in [3.05, 3.63) is 0 Å². The highest BCUT2D eigenvalue weighted by Gasteiger charge is 2.19. The fourth-order valence-corrected chi connectivity index (χ4v) is 7.91. The van der Waals surface area contributed by atoms with Crippen LogP contribution in [0.5, 0.6) is 0 Å². The molecule has 0 aliphatic rings. The molecule has 0 heterocycles. The Hall–Kier alpha value is -1.59. The van der Waals surface area contributed by atoms with Gasteiger partial charge in [-0.3, -0.25) is 14.4 Å². The van der Waals surface area contributed by atoms with Crippen molar-refractivity contribution in [1.82, 2.24) is 0 Å². The topological polar surface area (TPSA) is 78.9 Å². The van der Waals surface area contributed by atoms with Crippen LogP contribution < -0.4 is 0 Å². The van der Waals surface area contributed by atoms with E-state index in [2.05, 4.69) is 41.5 Å². The Morgan fingerprint density at radius 1 is 0.339 bits per heavy atom. The van der Waals surface area contributed by atoms with Crippen molar-refractivity contribution >= 4 is 17.9 Å². The van der Waals surface area contributed by atoms with E-state index in [1.54, 1.807) is 0 Å². The summed E-state index contributed by atoms with van der Waals surface area (Å²) >= 11 is 0. The lowest BCUT2D eigenvalue weighted by molar-refractivity contribution is -0.167. The molecule has 0 fully saturated rings. The summed E-state index contributed by atoms with van der Waals surface area (Å²) in [6, 6.07) is 0. The molecule has 0 aromatic carbocycles. The Balaban J connectivity index is 4.33. The molecule has 6 heteroatoms. The van der Waals surface area contributed by atoms with Crippen LogP contribution in [0.3, 0.4) is 0 Å². The molecule has 0 spiro atoms. The van der Waals surface area contributed by atoms with E-state index >= 15 is 0 Å². The molecule has 0 aromatic heterocycles. The maximum atomic E-state index is 12.8. The number of hydrogen-bond donors (Lipinski definition) is 0. The van der Waals surface area contributed by atoms with Crippen LogP contribution in [0.25, 0.3) is 0 Å². The Morgan fingerprint density at radius 2 is 0.593 bits per heavy atom. The smallest absolute Gasteiger partial charge is 0.306 e. The number of rotatable bonds is 46. The second-order valence-corrected chi connectivity index (χ2v) is 19.4. The zero-order valence-corrected chi connectivity index (χ0v) is 40.5. The van der Waals surface area contributed by atoms with E-state index in [0.717, 1.165) is 75.5 Å². The van der Waals surface area contributed by atoms with Gasteiger partial charge in [0, 0.05) is 19.3 Å². The first kappa shape index (κ1) is 57.4. The number of carbonyl (C=O) groups is 3. The lowest BCUT2D eigenvalue weighted by Crippen LogP contribution is -2.30. The lowest BCUT2D eigenvalue weighted by atomic mass is 9.99. The Labute approximate surface area is 368 Å². The Morgan fingerprint density at radius 3 is 0.881 bits per heavy atom. The van der Waals surface area contributed by atoms with Crippen LogP contribution in [0, 0.1) is 17.8 Å². The van der Waals surface area contributed by atoms with Gasteiger partial charge in [0.15, 0.2) is 6.10 Å². The van der Waals surface area contributed by atoms with Crippen molar-refractivity contribution in [2.45, 2.75) is 292 Å². The van der Waals surface area contributed by atoms with Crippen molar-refractivity contribution in [3.8, 4) is 0 Å². The van der Waals surface area contributed by atoms with Gasteiger partial charge in [0.25, 0.3) is 0 Å². The highest BCUT2D eigenvalue weighted by Crippen LogP contribution is 2.18. The largest absolute Gasteiger partial charge is 0.462 e. The standard InChI is InChI=1S/C53H102O6/c1-7-49(6)41-35-29-23-17-12-13-18-24-30-36-42-51(54)57-45-50(46-58-52(55)43-37-31-25-20-14-16-22-28-34-40-48(4)5)59-53(56)44-38-32-26-19-11-9-8-10-15-21-27-33-39-47(2)3/h47-50H,7-46H2,1-6H3/t49?,50-/m1/s1. The summed E-state index contributed by atoms with van der Waals surface area (Å²) in [7, 11) is 0. The van der Waals surface area contributed by atoms with Crippen LogP contribution in [0.2, 0.25) is 0 Å². The number of ether oxygens (including phenoxy) is 3. The SMILES string of the molecule is CCC(C)CCCCCCCCCCCCC(=O)OC[C@H](COC(=O)CCCCCCCCCCCC(C)C)OC(=O)CCCCCCCCCCCCCCC(C)C. The fourth-order valence-electron chi connectivity index (χ4n) is 7.91. The van der Waals surface area contributed by atoms with Gasteiger partial charge in [-0.2, -0.15) is 0 Å². The number of hydrogen-bond acceptors (Lipinski definition) is 6. The first-order valence-electron chi connectivity index (χ1n) is 26.1. The molecular weight excluding hydrogens is 733 g/mol. The number of carbonyl (C=O) groups excluding carboxylic acids is 3. The van der Waals surface area contributed by atoms with Crippen LogP contribution in [-0.2, 0) is 28.6 Å². The highest BCUT2D eigenvalue weighted by molar-refractivity contribution is 5.71. The molecule has 0 amide bonds. The molecule has 0 bridgehead atoms. The van der Waals surface area contributed by atoms with E-state index in [1.807, 2.05) is 0 Å². The Kier molecular flexibility index (Phi) is 43.3. The first-order valence-corrected chi connectivity index (χ1v) is 26.1. The third kappa shape index (κ3) is 45.8. The second-order valence-electron chi connectivity index (χ2n) is 19.4. The van der Waals surface area contributed by atoms with Crippen LogP contribution in [-0.4, -0.2) is 37.2 Å². The normalized spacial score (nSPS) is 12.6. The quantitative estimate of drug-likeness (QED) is 0.0345.